The lowest BCUT2D eigenvalue weighted by Crippen LogP contribution is -2.36. The molecule has 0 saturated carbocycles. The van der Waals surface area contributed by atoms with Crippen LogP contribution < -0.4 is 15.5 Å². The van der Waals surface area contributed by atoms with Crippen LogP contribution in [0.1, 0.15) is 40.4 Å². The first kappa shape index (κ1) is 24.0. The summed E-state index contributed by atoms with van der Waals surface area (Å²) in [6.45, 7) is 3.57. The van der Waals surface area contributed by atoms with Gasteiger partial charge in [0.05, 0.1) is 0 Å². The first-order valence-corrected chi connectivity index (χ1v) is 11.7. The topological polar surface area (TPSA) is 87.7 Å². The largest absolute Gasteiger partial charge is 0.454 e. The van der Waals surface area contributed by atoms with E-state index in [0.717, 1.165) is 24.3 Å². The van der Waals surface area contributed by atoms with Crippen LogP contribution in [0.5, 0.6) is 0 Å². The molecule has 1 unspecified atom stereocenters. The third-order valence-electron chi connectivity index (χ3n) is 5.98. The number of aryl methyl sites for hydroxylation is 1. The van der Waals surface area contributed by atoms with Crippen LogP contribution in [0.15, 0.2) is 78.9 Å². The molecule has 7 nitrogen and oxygen atoms in total. The number of esters is 1. The maximum absolute atomic E-state index is 12.9. The van der Waals surface area contributed by atoms with E-state index in [9.17, 15) is 14.4 Å². The van der Waals surface area contributed by atoms with E-state index in [-0.39, 0.29) is 0 Å². The maximum Gasteiger partial charge on any atom is 0.333 e. The van der Waals surface area contributed by atoms with Crippen molar-refractivity contribution in [3.63, 3.8) is 0 Å². The first-order valence-electron chi connectivity index (χ1n) is 11.7. The summed E-state index contributed by atoms with van der Waals surface area (Å²) < 4.78 is 5.30. The Bertz CT molecular complexity index is 1180. The Labute approximate surface area is 205 Å². The van der Waals surface area contributed by atoms with Crippen molar-refractivity contribution in [2.75, 3.05) is 29.9 Å². The van der Waals surface area contributed by atoms with Crippen molar-refractivity contribution in [3.8, 4) is 0 Å². The van der Waals surface area contributed by atoms with Crippen LogP contribution in [0.25, 0.3) is 0 Å². The number of amides is 2. The number of carbonyl (C=O) groups excluding carboxylic acids is 3. The van der Waals surface area contributed by atoms with E-state index in [2.05, 4.69) is 21.6 Å². The van der Waals surface area contributed by atoms with Gasteiger partial charge in [-0.2, -0.15) is 0 Å². The molecule has 1 fully saturated rings. The highest BCUT2D eigenvalue weighted by Gasteiger charge is 2.25. The van der Waals surface area contributed by atoms with Crippen LogP contribution in [0.2, 0.25) is 0 Å². The van der Waals surface area contributed by atoms with Gasteiger partial charge in [0.2, 0.25) is 0 Å². The van der Waals surface area contributed by atoms with Crippen LogP contribution in [-0.4, -0.2) is 37.5 Å². The molecule has 2 N–H and O–H groups in total. The molecule has 1 saturated heterocycles. The Hall–Kier alpha value is -4.13. The van der Waals surface area contributed by atoms with E-state index in [0.29, 0.717) is 16.8 Å². The average molecular weight is 472 g/mol. The van der Waals surface area contributed by atoms with E-state index < -0.39 is 30.4 Å². The van der Waals surface area contributed by atoms with Crippen LogP contribution in [0.3, 0.4) is 0 Å². The number of anilines is 2. The second-order valence-corrected chi connectivity index (χ2v) is 8.53. The van der Waals surface area contributed by atoms with E-state index in [1.54, 1.807) is 54.6 Å². The molecule has 2 amide bonds. The molecule has 0 aromatic heterocycles. The van der Waals surface area contributed by atoms with Crippen LogP contribution in [0.4, 0.5) is 11.4 Å². The zero-order valence-electron chi connectivity index (χ0n) is 19.7. The molecule has 0 bridgehead atoms. The van der Waals surface area contributed by atoms with E-state index in [1.165, 1.54) is 12.8 Å². The molecule has 3 aromatic rings. The Kier molecular flexibility index (Phi) is 7.77. The summed E-state index contributed by atoms with van der Waals surface area (Å²) in [6, 6.07) is 22.3. The lowest BCUT2D eigenvalue weighted by Gasteiger charge is -2.20. The summed E-state index contributed by atoms with van der Waals surface area (Å²) in [5, 5.41) is 5.52. The van der Waals surface area contributed by atoms with Gasteiger partial charge in [0, 0.05) is 30.0 Å². The monoisotopic (exact) mass is 471 g/mol. The van der Waals surface area contributed by atoms with Crippen LogP contribution >= 0.6 is 0 Å². The summed E-state index contributed by atoms with van der Waals surface area (Å²) in [5.41, 5.74) is 3.74. The minimum absolute atomic E-state index is 0.408. The molecule has 35 heavy (non-hydrogen) atoms. The molecular formula is C28H29N3O4. The van der Waals surface area contributed by atoms with Crippen molar-refractivity contribution in [3.05, 3.63) is 95.6 Å². The van der Waals surface area contributed by atoms with Crippen LogP contribution in [-0.2, 0) is 14.3 Å². The quantitative estimate of drug-likeness (QED) is 0.480. The van der Waals surface area contributed by atoms with Crippen LogP contribution in [0, 0.1) is 6.92 Å². The highest BCUT2D eigenvalue weighted by atomic mass is 16.5. The fourth-order valence-electron chi connectivity index (χ4n) is 4.09. The Morgan fingerprint density at radius 2 is 1.57 bits per heavy atom. The predicted octanol–water partition coefficient (Wildman–Crippen LogP) is 4.25. The van der Waals surface area contributed by atoms with Crippen molar-refractivity contribution in [2.45, 2.75) is 25.8 Å². The second-order valence-electron chi connectivity index (χ2n) is 8.53. The number of benzene rings is 3. The van der Waals surface area contributed by atoms with Crippen molar-refractivity contribution in [2.24, 2.45) is 0 Å². The standard InChI is InChI=1S/C28H29N3O4/c1-20-18-23(31-16-8-9-17-31)14-15-24(20)29-25(32)19-35-28(34)26(21-10-4-2-5-11-21)30-27(33)22-12-6-3-7-13-22/h2-7,10-15,18,26H,8-9,16-17,19H2,1H3,(H,29,32)(H,30,33). The van der Waals surface area contributed by atoms with E-state index in [1.807, 2.05) is 25.1 Å². The minimum Gasteiger partial charge on any atom is -0.454 e. The van der Waals surface area contributed by atoms with Gasteiger partial charge < -0.3 is 20.3 Å². The fraction of sp³-hybridized carbons (Fsp3) is 0.250. The van der Waals surface area contributed by atoms with Gasteiger partial charge in [0.15, 0.2) is 12.6 Å². The summed E-state index contributed by atoms with van der Waals surface area (Å²) in [4.78, 5) is 40.4. The number of carbonyl (C=O) groups is 3. The smallest absolute Gasteiger partial charge is 0.333 e. The minimum atomic E-state index is -1.04. The summed E-state index contributed by atoms with van der Waals surface area (Å²) in [7, 11) is 0. The fourth-order valence-corrected chi connectivity index (χ4v) is 4.09. The molecule has 1 aliphatic rings. The van der Waals surface area contributed by atoms with Crippen molar-refractivity contribution in [1.82, 2.24) is 5.32 Å². The Balaban J connectivity index is 1.38. The summed E-state index contributed by atoms with van der Waals surface area (Å²) >= 11 is 0. The van der Waals surface area contributed by atoms with Gasteiger partial charge in [0.25, 0.3) is 11.8 Å². The van der Waals surface area contributed by atoms with Crippen molar-refractivity contribution >= 4 is 29.2 Å². The zero-order chi connectivity index (χ0) is 24.6. The normalized spacial score (nSPS) is 13.7. The number of hydrogen-bond donors (Lipinski definition) is 2. The van der Waals surface area contributed by atoms with Gasteiger partial charge in [-0.1, -0.05) is 48.5 Å². The predicted molar refractivity (Wildman–Crippen MR) is 135 cm³/mol. The number of hydrogen-bond acceptors (Lipinski definition) is 5. The van der Waals surface area contributed by atoms with Gasteiger partial charge in [-0.3, -0.25) is 9.59 Å². The van der Waals surface area contributed by atoms with E-state index >= 15 is 0 Å². The molecule has 7 heteroatoms. The molecule has 180 valence electrons. The van der Waals surface area contributed by atoms with Gasteiger partial charge in [-0.05, 0) is 61.2 Å². The SMILES string of the molecule is Cc1cc(N2CCCC2)ccc1NC(=O)COC(=O)C(NC(=O)c1ccccc1)c1ccccc1. The molecule has 0 aliphatic carbocycles. The summed E-state index contributed by atoms with van der Waals surface area (Å²) in [6.07, 6.45) is 2.39. The number of nitrogens with zero attached hydrogens (tertiary/aromatic N) is 1. The van der Waals surface area contributed by atoms with Gasteiger partial charge in [-0.15, -0.1) is 0 Å². The molecule has 1 heterocycles. The van der Waals surface area contributed by atoms with E-state index in [4.69, 9.17) is 4.74 Å². The van der Waals surface area contributed by atoms with Gasteiger partial charge in [-0.25, -0.2) is 4.79 Å². The zero-order valence-corrected chi connectivity index (χ0v) is 19.7. The molecule has 3 aromatic carbocycles. The highest BCUT2D eigenvalue weighted by Crippen LogP contribution is 2.25. The van der Waals surface area contributed by atoms with Gasteiger partial charge in [0.1, 0.15) is 0 Å². The Morgan fingerprint density at radius 3 is 2.23 bits per heavy atom. The molecule has 0 radical (unpaired) electrons. The molecule has 1 aliphatic heterocycles. The average Bonchev–Trinajstić information content (AvgIpc) is 3.43. The molecular weight excluding hydrogens is 442 g/mol. The third-order valence-corrected chi connectivity index (χ3v) is 5.98. The molecule has 4 rings (SSSR count). The second kappa shape index (κ2) is 11.3. The number of rotatable bonds is 8. The lowest BCUT2D eigenvalue weighted by atomic mass is 10.1. The van der Waals surface area contributed by atoms with Gasteiger partial charge >= 0.3 is 5.97 Å². The number of ether oxygens (including phenoxy) is 1. The lowest BCUT2D eigenvalue weighted by molar-refractivity contribution is -0.149. The molecule has 0 spiro atoms. The third kappa shape index (κ3) is 6.26. The maximum atomic E-state index is 12.9. The van der Waals surface area contributed by atoms with Crippen molar-refractivity contribution < 1.29 is 19.1 Å². The summed E-state index contributed by atoms with van der Waals surface area (Å²) in [5.74, 6) is -1.57. The Morgan fingerprint density at radius 1 is 0.914 bits per heavy atom. The van der Waals surface area contributed by atoms with Crippen molar-refractivity contribution in [1.29, 1.82) is 0 Å². The first-order chi connectivity index (χ1) is 17.0. The highest BCUT2D eigenvalue weighted by molar-refractivity contribution is 5.98. The molecule has 1 atom stereocenters. The number of nitrogens with one attached hydrogen (secondary N) is 2.